The van der Waals surface area contributed by atoms with Crippen LogP contribution in [0, 0.1) is 0 Å². The molecule has 0 unspecified atom stereocenters. The first-order chi connectivity index (χ1) is 6.87. The lowest BCUT2D eigenvalue weighted by Gasteiger charge is -2.17. The van der Waals surface area contributed by atoms with Crippen LogP contribution in [0.1, 0.15) is 0 Å². The van der Waals surface area contributed by atoms with Crippen molar-refractivity contribution in [2.24, 2.45) is 0 Å². The van der Waals surface area contributed by atoms with Crippen LogP contribution < -0.4 is 9.41 Å². The summed E-state index contributed by atoms with van der Waals surface area (Å²) in [6.45, 7) is 10.6. The van der Waals surface area contributed by atoms with Crippen molar-refractivity contribution in [2.45, 2.75) is 32.7 Å². The Morgan fingerprint density at radius 1 is 1.27 bits per heavy atom. The molecule has 1 aromatic heterocycles. The molecule has 0 spiro atoms. The SMILES string of the molecule is C[Si](C)Oc1ncnc(N[Si](C)(C)C)n1. The normalized spacial score (nSPS) is 11.6. The maximum absolute atomic E-state index is 5.48. The first-order valence-electron chi connectivity index (χ1n) is 4.82. The molecule has 0 saturated heterocycles. The lowest BCUT2D eigenvalue weighted by molar-refractivity contribution is 0.526. The van der Waals surface area contributed by atoms with Crippen molar-refractivity contribution >= 4 is 23.2 Å². The molecule has 1 aromatic rings. The summed E-state index contributed by atoms with van der Waals surface area (Å²) in [4.78, 5) is 15.5. The van der Waals surface area contributed by atoms with Gasteiger partial charge in [-0.1, -0.05) is 19.6 Å². The van der Waals surface area contributed by atoms with Gasteiger partial charge >= 0.3 is 6.01 Å². The predicted octanol–water partition coefficient (Wildman–Crippen LogP) is 1.75. The van der Waals surface area contributed by atoms with E-state index in [0.29, 0.717) is 12.0 Å². The van der Waals surface area contributed by atoms with Crippen LogP contribution in [0.5, 0.6) is 6.01 Å². The Balaban J connectivity index is 2.74. The lowest BCUT2D eigenvalue weighted by atomic mass is 10.9. The summed E-state index contributed by atoms with van der Waals surface area (Å²) < 4.78 is 5.48. The van der Waals surface area contributed by atoms with E-state index in [9.17, 15) is 0 Å². The van der Waals surface area contributed by atoms with Crippen molar-refractivity contribution in [3.05, 3.63) is 6.33 Å². The number of nitrogens with zero attached hydrogens (tertiary/aromatic N) is 3. The fourth-order valence-corrected chi connectivity index (χ4v) is 2.16. The van der Waals surface area contributed by atoms with Crippen LogP contribution in [0.15, 0.2) is 6.33 Å². The molecule has 0 aliphatic heterocycles. The van der Waals surface area contributed by atoms with E-state index in [2.05, 4.69) is 39.6 Å². The zero-order valence-electron chi connectivity index (χ0n) is 9.83. The zero-order valence-corrected chi connectivity index (χ0v) is 11.8. The summed E-state index contributed by atoms with van der Waals surface area (Å²) in [6, 6.07) is 0.421. The predicted molar refractivity (Wildman–Crippen MR) is 64.9 cm³/mol. The van der Waals surface area contributed by atoms with Gasteiger partial charge in [0.25, 0.3) is 9.04 Å². The monoisotopic (exact) mass is 241 g/mol. The minimum atomic E-state index is -1.41. The Labute approximate surface area is 93.1 Å². The summed E-state index contributed by atoms with van der Waals surface area (Å²) in [6.07, 6.45) is 1.48. The van der Waals surface area contributed by atoms with Gasteiger partial charge in [-0.25, -0.2) is 4.98 Å². The van der Waals surface area contributed by atoms with Crippen LogP contribution in [0.25, 0.3) is 0 Å². The number of hydrogen-bond acceptors (Lipinski definition) is 5. The first kappa shape index (κ1) is 12.1. The highest BCUT2D eigenvalue weighted by atomic mass is 28.3. The van der Waals surface area contributed by atoms with E-state index in [0.717, 1.165) is 0 Å². The van der Waals surface area contributed by atoms with E-state index in [1.807, 2.05) is 13.1 Å². The van der Waals surface area contributed by atoms with Gasteiger partial charge in [0.1, 0.15) is 14.6 Å². The van der Waals surface area contributed by atoms with Crippen LogP contribution in [-0.2, 0) is 0 Å². The second-order valence-corrected chi connectivity index (χ2v) is 11.2. The number of rotatable bonds is 4. The summed E-state index contributed by atoms with van der Waals surface area (Å²) in [7, 11) is -2.23. The van der Waals surface area contributed by atoms with E-state index in [1.165, 1.54) is 6.33 Å². The van der Waals surface area contributed by atoms with E-state index in [4.69, 9.17) is 4.43 Å². The van der Waals surface area contributed by atoms with Crippen LogP contribution in [0.3, 0.4) is 0 Å². The van der Waals surface area contributed by atoms with Crippen molar-refractivity contribution in [3.63, 3.8) is 0 Å². The molecule has 0 bridgehead atoms. The molecule has 0 aromatic carbocycles. The van der Waals surface area contributed by atoms with Crippen molar-refractivity contribution in [2.75, 3.05) is 4.98 Å². The number of aromatic nitrogens is 3. The molecule has 0 amide bonds. The van der Waals surface area contributed by atoms with Crippen molar-refractivity contribution < 1.29 is 4.43 Å². The van der Waals surface area contributed by atoms with E-state index in [-0.39, 0.29) is 0 Å². The maximum Gasteiger partial charge on any atom is 0.307 e. The van der Waals surface area contributed by atoms with Gasteiger partial charge in [-0.05, 0) is 13.1 Å². The molecule has 0 aliphatic rings. The molecule has 7 heteroatoms. The zero-order chi connectivity index (χ0) is 11.5. The highest BCUT2D eigenvalue weighted by Crippen LogP contribution is 2.09. The molecule has 1 heterocycles. The summed E-state index contributed by atoms with van der Waals surface area (Å²) in [5.74, 6) is 0.613. The summed E-state index contributed by atoms with van der Waals surface area (Å²) in [5, 5.41) is 0. The third kappa shape index (κ3) is 4.89. The lowest BCUT2D eigenvalue weighted by Crippen LogP contribution is -2.33. The van der Waals surface area contributed by atoms with Gasteiger partial charge in [0.2, 0.25) is 5.95 Å². The number of anilines is 1. The highest BCUT2D eigenvalue weighted by Gasteiger charge is 2.15. The molecule has 1 N–H and O–H groups in total. The second-order valence-electron chi connectivity index (χ2n) is 4.48. The third-order valence-electron chi connectivity index (χ3n) is 1.33. The van der Waals surface area contributed by atoms with E-state index < -0.39 is 17.3 Å². The summed E-state index contributed by atoms with van der Waals surface area (Å²) in [5.41, 5.74) is 0. The summed E-state index contributed by atoms with van der Waals surface area (Å²) >= 11 is 0. The van der Waals surface area contributed by atoms with Gasteiger partial charge in [0.05, 0.1) is 0 Å². The molecule has 0 atom stereocenters. The van der Waals surface area contributed by atoms with Gasteiger partial charge in [-0.15, -0.1) is 0 Å². The Morgan fingerprint density at radius 3 is 2.47 bits per heavy atom. The van der Waals surface area contributed by atoms with Gasteiger partial charge in [-0.2, -0.15) is 9.97 Å². The van der Waals surface area contributed by atoms with Crippen LogP contribution in [0.4, 0.5) is 5.95 Å². The van der Waals surface area contributed by atoms with Gasteiger partial charge < -0.3 is 9.41 Å². The standard InChI is InChI=1S/C8H17N4OSi2/c1-14(2)13-8-10-6-9-7(11-8)12-15(3,4)5/h6H,1-5H3,(H,9,10,11,12). The highest BCUT2D eigenvalue weighted by molar-refractivity contribution is 6.79. The fraction of sp³-hybridized carbons (Fsp3) is 0.625. The Hall–Kier alpha value is -0.956. The molecule has 0 fully saturated rings. The molecule has 0 aliphatic carbocycles. The molecule has 0 saturated carbocycles. The first-order valence-corrected chi connectivity index (χ1v) is 10.7. The fourth-order valence-electron chi connectivity index (χ4n) is 0.909. The average molecular weight is 241 g/mol. The number of nitrogens with one attached hydrogen (secondary N) is 1. The smallest absolute Gasteiger partial charge is 0.307 e. The minimum absolute atomic E-state index is 0.421. The van der Waals surface area contributed by atoms with Crippen molar-refractivity contribution in [1.29, 1.82) is 0 Å². The topological polar surface area (TPSA) is 59.9 Å². The maximum atomic E-state index is 5.48. The quantitative estimate of drug-likeness (QED) is 0.814. The number of hydrogen-bond donors (Lipinski definition) is 1. The van der Waals surface area contributed by atoms with Gasteiger partial charge in [0, 0.05) is 0 Å². The van der Waals surface area contributed by atoms with Crippen LogP contribution in [-0.4, -0.2) is 32.2 Å². The molecule has 83 valence electrons. The second kappa shape index (κ2) is 4.71. The van der Waals surface area contributed by atoms with Crippen molar-refractivity contribution in [3.8, 4) is 6.01 Å². The largest absolute Gasteiger partial charge is 0.516 e. The molecular formula is C8H17N4OSi2. The van der Waals surface area contributed by atoms with E-state index in [1.54, 1.807) is 0 Å². The van der Waals surface area contributed by atoms with E-state index >= 15 is 0 Å². The molecule has 15 heavy (non-hydrogen) atoms. The minimum Gasteiger partial charge on any atom is -0.516 e. The molecule has 1 radical (unpaired) electrons. The molecule has 1 rings (SSSR count). The van der Waals surface area contributed by atoms with Gasteiger partial charge in [-0.3, -0.25) is 0 Å². The van der Waals surface area contributed by atoms with Crippen LogP contribution >= 0.6 is 0 Å². The molecular weight excluding hydrogens is 224 g/mol. The Bertz CT molecular complexity index is 327. The Morgan fingerprint density at radius 2 is 1.93 bits per heavy atom. The van der Waals surface area contributed by atoms with Gasteiger partial charge in [0.15, 0.2) is 0 Å². The van der Waals surface area contributed by atoms with Crippen LogP contribution in [0.2, 0.25) is 32.7 Å². The van der Waals surface area contributed by atoms with Crippen molar-refractivity contribution in [1.82, 2.24) is 15.0 Å². The third-order valence-corrected chi connectivity index (χ3v) is 2.90. The molecule has 5 nitrogen and oxygen atoms in total. The average Bonchev–Trinajstić information content (AvgIpc) is 1.99. The Kier molecular flexibility index (Phi) is 3.80.